The normalized spacial score (nSPS) is 19.4. The first kappa shape index (κ1) is 20.2. The van der Waals surface area contributed by atoms with Gasteiger partial charge in [0.05, 0.1) is 5.41 Å². The fourth-order valence-electron chi connectivity index (χ4n) is 4.53. The highest BCUT2D eigenvalue weighted by Gasteiger charge is 2.41. The van der Waals surface area contributed by atoms with Crippen molar-refractivity contribution >= 4 is 5.91 Å². The molecule has 4 rings (SSSR count). The smallest absolute Gasteiger partial charge is 0.227 e. The molecule has 1 aromatic carbocycles. The van der Waals surface area contributed by atoms with Crippen LogP contribution in [0.15, 0.2) is 73.3 Å². The number of nitrogens with one attached hydrogen (secondary N) is 1. The van der Waals surface area contributed by atoms with Gasteiger partial charge < -0.3 is 5.32 Å². The third-order valence-electron chi connectivity index (χ3n) is 6.03. The molecule has 154 valence electrons. The van der Waals surface area contributed by atoms with Gasteiger partial charge in [0.1, 0.15) is 0 Å². The standard InChI is InChI=1S/C25H28N4O/c1-26-24(30)25(11-2-16-29(19-25)18-21-7-12-27-13-8-21)17-20-3-5-22(6-4-20)23-9-14-28-15-10-23/h3-10,12-15H,2,11,16-19H2,1H3,(H,26,30). The molecular weight excluding hydrogens is 372 g/mol. The zero-order chi connectivity index (χ0) is 20.8. The highest BCUT2D eigenvalue weighted by Crippen LogP contribution is 2.35. The number of carbonyl (C=O) groups is 1. The highest BCUT2D eigenvalue weighted by molar-refractivity contribution is 5.83. The summed E-state index contributed by atoms with van der Waals surface area (Å²) in [7, 11) is 1.75. The zero-order valence-electron chi connectivity index (χ0n) is 17.4. The quantitative estimate of drug-likeness (QED) is 0.685. The summed E-state index contributed by atoms with van der Waals surface area (Å²) >= 11 is 0. The second-order valence-electron chi connectivity index (χ2n) is 8.14. The molecule has 3 aromatic rings. The van der Waals surface area contributed by atoms with E-state index in [1.807, 2.05) is 49.1 Å². The summed E-state index contributed by atoms with van der Waals surface area (Å²) in [5.41, 5.74) is 4.34. The van der Waals surface area contributed by atoms with Crippen LogP contribution >= 0.6 is 0 Å². The molecule has 1 saturated heterocycles. The minimum atomic E-state index is -0.405. The third-order valence-corrected chi connectivity index (χ3v) is 6.03. The molecule has 2 aromatic heterocycles. The van der Waals surface area contributed by atoms with Gasteiger partial charge in [-0.15, -0.1) is 0 Å². The Hall–Kier alpha value is -3.05. The predicted octanol–water partition coefficient (Wildman–Crippen LogP) is 3.71. The van der Waals surface area contributed by atoms with Crippen molar-refractivity contribution < 1.29 is 4.79 Å². The molecule has 3 heterocycles. The Morgan fingerprint density at radius 2 is 1.57 bits per heavy atom. The minimum Gasteiger partial charge on any atom is -0.359 e. The minimum absolute atomic E-state index is 0.139. The van der Waals surface area contributed by atoms with E-state index in [4.69, 9.17) is 0 Å². The van der Waals surface area contributed by atoms with Crippen LogP contribution in [0.1, 0.15) is 24.0 Å². The van der Waals surface area contributed by atoms with Crippen LogP contribution in [0.2, 0.25) is 0 Å². The number of piperidine rings is 1. The van der Waals surface area contributed by atoms with Crippen LogP contribution in [0.5, 0.6) is 0 Å². The second kappa shape index (κ2) is 9.18. The van der Waals surface area contributed by atoms with Crippen molar-refractivity contribution in [2.75, 3.05) is 20.1 Å². The first-order chi connectivity index (χ1) is 14.7. The van der Waals surface area contributed by atoms with Crippen LogP contribution in [0.25, 0.3) is 11.1 Å². The van der Waals surface area contributed by atoms with Gasteiger partial charge in [0, 0.05) is 44.9 Å². The van der Waals surface area contributed by atoms with Gasteiger partial charge >= 0.3 is 0 Å². The summed E-state index contributed by atoms with van der Waals surface area (Å²) in [5.74, 6) is 0.139. The Morgan fingerprint density at radius 1 is 0.933 bits per heavy atom. The van der Waals surface area contributed by atoms with E-state index >= 15 is 0 Å². The van der Waals surface area contributed by atoms with Crippen molar-refractivity contribution in [1.82, 2.24) is 20.2 Å². The van der Waals surface area contributed by atoms with Crippen LogP contribution in [-0.2, 0) is 17.8 Å². The maximum atomic E-state index is 13.0. The Bertz CT molecular complexity index is 959. The van der Waals surface area contributed by atoms with Crippen LogP contribution in [-0.4, -0.2) is 40.9 Å². The molecule has 0 spiro atoms. The lowest BCUT2D eigenvalue weighted by molar-refractivity contribution is -0.134. The van der Waals surface area contributed by atoms with E-state index in [0.29, 0.717) is 0 Å². The van der Waals surface area contributed by atoms with E-state index in [9.17, 15) is 4.79 Å². The number of hydrogen-bond donors (Lipinski definition) is 1. The van der Waals surface area contributed by atoms with Gasteiger partial charge in [-0.05, 0) is 72.3 Å². The number of carbonyl (C=O) groups excluding carboxylic acids is 1. The number of pyridine rings is 2. The Morgan fingerprint density at radius 3 is 2.23 bits per heavy atom. The summed E-state index contributed by atoms with van der Waals surface area (Å²) in [6, 6.07) is 16.7. The molecular formula is C25H28N4O. The van der Waals surface area contributed by atoms with E-state index in [1.54, 1.807) is 7.05 Å². The number of nitrogens with zero attached hydrogens (tertiary/aromatic N) is 3. The molecule has 1 aliphatic rings. The van der Waals surface area contributed by atoms with Gasteiger partial charge in [-0.2, -0.15) is 0 Å². The summed E-state index contributed by atoms with van der Waals surface area (Å²) in [6.07, 6.45) is 9.95. The van der Waals surface area contributed by atoms with E-state index in [0.717, 1.165) is 50.0 Å². The Kier molecular flexibility index (Phi) is 6.19. The monoisotopic (exact) mass is 400 g/mol. The van der Waals surface area contributed by atoms with Crippen molar-refractivity contribution in [3.05, 3.63) is 84.4 Å². The molecule has 1 atom stereocenters. The lowest BCUT2D eigenvalue weighted by Crippen LogP contribution is -2.52. The van der Waals surface area contributed by atoms with Gasteiger partial charge in [-0.3, -0.25) is 19.7 Å². The number of benzene rings is 1. The molecule has 1 fully saturated rings. The number of hydrogen-bond acceptors (Lipinski definition) is 4. The van der Waals surface area contributed by atoms with Gasteiger partial charge in [-0.1, -0.05) is 24.3 Å². The molecule has 0 bridgehead atoms. The van der Waals surface area contributed by atoms with Gasteiger partial charge in [0.15, 0.2) is 0 Å². The first-order valence-electron chi connectivity index (χ1n) is 10.5. The largest absolute Gasteiger partial charge is 0.359 e. The first-order valence-corrected chi connectivity index (χ1v) is 10.5. The second-order valence-corrected chi connectivity index (χ2v) is 8.14. The van der Waals surface area contributed by atoms with Gasteiger partial charge in [0.25, 0.3) is 0 Å². The zero-order valence-corrected chi connectivity index (χ0v) is 17.4. The predicted molar refractivity (Wildman–Crippen MR) is 119 cm³/mol. The van der Waals surface area contributed by atoms with Crippen molar-refractivity contribution in [3.8, 4) is 11.1 Å². The van der Waals surface area contributed by atoms with Crippen molar-refractivity contribution in [2.45, 2.75) is 25.8 Å². The summed E-state index contributed by atoms with van der Waals surface area (Å²) in [5, 5.41) is 2.93. The number of amides is 1. The maximum Gasteiger partial charge on any atom is 0.227 e. The molecule has 1 aliphatic heterocycles. The van der Waals surface area contributed by atoms with Crippen molar-refractivity contribution in [2.24, 2.45) is 5.41 Å². The molecule has 0 saturated carbocycles. The lowest BCUT2D eigenvalue weighted by atomic mass is 9.74. The van der Waals surface area contributed by atoms with E-state index in [1.165, 1.54) is 11.1 Å². The molecule has 5 nitrogen and oxygen atoms in total. The average molecular weight is 401 g/mol. The van der Waals surface area contributed by atoms with Crippen LogP contribution < -0.4 is 5.32 Å². The number of rotatable bonds is 6. The Labute approximate surface area is 178 Å². The van der Waals surface area contributed by atoms with Crippen molar-refractivity contribution in [1.29, 1.82) is 0 Å². The number of likely N-dealkylation sites (tertiary alicyclic amines) is 1. The average Bonchev–Trinajstić information content (AvgIpc) is 2.80. The van der Waals surface area contributed by atoms with Crippen LogP contribution in [0, 0.1) is 5.41 Å². The highest BCUT2D eigenvalue weighted by atomic mass is 16.2. The fraction of sp³-hybridized carbons (Fsp3) is 0.320. The molecule has 30 heavy (non-hydrogen) atoms. The molecule has 0 aliphatic carbocycles. The SMILES string of the molecule is CNC(=O)C1(Cc2ccc(-c3ccncc3)cc2)CCCN(Cc2ccncc2)C1. The van der Waals surface area contributed by atoms with Crippen LogP contribution in [0.4, 0.5) is 0 Å². The molecule has 1 unspecified atom stereocenters. The molecule has 0 radical (unpaired) electrons. The van der Waals surface area contributed by atoms with E-state index in [2.05, 4.69) is 44.5 Å². The van der Waals surface area contributed by atoms with E-state index < -0.39 is 5.41 Å². The van der Waals surface area contributed by atoms with E-state index in [-0.39, 0.29) is 5.91 Å². The summed E-state index contributed by atoms with van der Waals surface area (Å²) in [4.78, 5) is 23.6. The summed E-state index contributed by atoms with van der Waals surface area (Å²) < 4.78 is 0. The Balaban J connectivity index is 1.52. The van der Waals surface area contributed by atoms with Crippen LogP contribution in [0.3, 0.4) is 0 Å². The molecule has 1 amide bonds. The molecule has 5 heteroatoms. The number of aromatic nitrogens is 2. The lowest BCUT2D eigenvalue weighted by Gasteiger charge is -2.41. The van der Waals surface area contributed by atoms with Gasteiger partial charge in [-0.25, -0.2) is 0 Å². The molecule has 1 N–H and O–H groups in total. The fourth-order valence-corrected chi connectivity index (χ4v) is 4.53. The maximum absolute atomic E-state index is 13.0. The third kappa shape index (κ3) is 4.57. The van der Waals surface area contributed by atoms with Gasteiger partial charge in [0.2, 0.25) is 5.91 Å². The van der Waals surface area contributed by atoms with Crippen molar-refractivity contribution in [3.63, 3.8) is 0 Å². The summed E-state index contributed by atoms with van der Waals surface area (Å²) in [6.45, 7) is 2.63. The topological polar surface area (TPSA) is 58.1 Å².